The Bertz CT molecular complexity index is 780. The number of amides is 3. The van der Waals surface area contributed by atoms with Crippen molar-refractivity contribution < 1.29 is 14.1 Å². The highest BCUT2D eigenvalue weighted by Gasteiger charge is 2.35. The van der Waals surface area contributed by atoms with Gasteiger partial charge in [0.15, 0.2) is 0 Å². The van der Waals surface area contributed by atoms with Crippen LogP contribution in [0, 0.1) is 0 Å². The minimum atomic E-state index is -0.431. The van der Waals surface area contributed by atoms with Crippen LogP contribution < -0.4 is 5.32 Å². The lowest BCUT2D eigenvalue weighted by atomic mass is 10.0. The van der Waals surface area contributed by atoms with E-state index in [2.05, 4.69) is 32.3 Å². The van der Waals surface area contributed by atoms with Crippen LogP contribution in [-0.4, -0.2) is 68.0 Å². The van der Waals surface area contributed by atoms with Crippen LogP contribution in [0.3, 0.4) is 0 Å². The first-order chi connectivity index (χ1) is 13.1. The van der Waals surface area contributed by atoms with Gasteiger partial charge in [-0.2, -0.15) is 4.98 Å². The van der Waals surface area contributed by atoms with Gasteiger partial charge in [-0.15, -0.1) is 0 Å². The summed E-state index contributed by atoms with van der Waals surface area (Å²) in [5, 5.41) is 6.57. The number of unbranched alkanes of at least 4 members (excludes halogenated alkanes) is 1. The molecule has 0 aromatic carbocycles. The Morgan fingerprint density at radius 3 is 2.81 bits per heavy atom. The van der Waals surface area contributed by atoms with Crippen molar-refractivity contribution in [2.45, 2.75) is 38.8 Å². The third-order valence-corrected chi connectivity index (χ3v) is 4.43. The van der Waals surface area contributed by atoms with Crippen molar-refractivity contribution in [2.75, 3.05) is 20.1 Å². The van der Waals surface area contributed by atoms with Gasteiger partial charge in [0.1, 0.15) is 6.04 Å². The van der Waals surface area contributed by atoms with Gasteiger partial charge in [0.2, 0.25) is 23.4 Å². The predicted octanol–water partition coefficient (Wildman–Crippen LogP) is 1.07. The van der Waals surface area contributed by atoms with E-state index in [0.717, 1.165) is 12.8 Å². The van der Waals surface area contributed by atoms with Crippen LogP contribution in [0.25, 0.3) is 11.6 Å². The Labute approximate surface area is 157 Å². The minimum Gasteiger partial charge on any atom is -0.342 e. The molecule has 0 bridgehead atoms. The van der Waals surface area contributed by atoms with Gasteiger partial charge in [0.25, 0.3) is 0 Å². The molecule has 1 N–H and O–H groups in total. The van der Waals surface area contributed by atoms with Gasteiger partial charge in [-0.3, -0.25) is 4.79 Å². The van der Waals surface area contributed by atoms with Gasteiger partial charge in [-0.25, -0.2) is 14.8 Å². The Kier molecular flexibility index (Phi) is 5.94. The molecular weight excluding hydrogens is 350 g/mol. The van der Waals surface area contributed by atoms with Gasteiger partial charge in [-0.05, 0) is 12.5 Å². The fourth-order valence-corrected chi connectivity index (χ4v) is 2.92. The first-order valence-electron chi connectivity index (χ1n) is 8.99. The Morgan fingerprint density at radius 1 is 1.30 bits per heavy atom. The average Bonchev–Trinajstić information content (AvgIpc) is 3.17. The van der Waals surface area contributed by atoms with Gasteiger partial charge >= 0.3 is 6.03 Å². The Balaban J connectivity index is 1.61. The molecule has 0 radical (unpaired) electrons. The topological polar surface area (TPSA) is 117 Å². The summed E-state index contributed by atoms with van der Waals surface area (Å²) in [7, 11) is 1.77. The number of rotatable bonds is 6. The van der Waals surface area contributed by atoms with Crippen LogP contribution in [0.5, 0.6) is 0 Å². The maximum absolute atomic E-state index is 12.6. The molecule has 0 spiro atoms. The largest absolute Gasteiger partial charge is 0.342 e. The SMILES string of the molecule is CCCCC1C(=O)N(C)CCN1C(=O)NCc1nc(-c2ncccn2)no1. The number of likely N-dealkylation sites (N-methyl/N-ethyl adjacent to an activating group) is 1. The quantitative estimate of drug-likeness (QED) is 0.805. The number of hydrogen-bond donors (Lipinski definition) is 1. The molecule has 144 valence electrons. The highest BCUT2D eigenvalue weighted by atomic mass is 16.5. The molecule has 3 amide bonds. The van der Waals surface area contributed by atoms with E-state index < -0.39 is 6.04 Å². The molecule has 1 saturated heterocycles. The molecule has 27 heavy (non-hydrogen) atoms. The van der Waals surface area contributed by atoms with Crippen molar-refractivity contribution in [3.63, 3.8) is 0 Å². The second-order valence-electron chi connectivity index (χ2n) is 6.35. The predicted molar refractivity (Wildman–Crippen MR) is 95.2 cm³/mol. The van der Waals surface area contributed by atoms with Crippen LogP contribution in [0.2, 0.25) is 0 Å². The van der Waals surface area contributed by atoms with E-state index in [1.165, 1.54) is 0 Å². The van der Waals surface area contributed by atoms with E-state index in [4.69, 9.17) is 4.52 Å². The first kappa shape index (κ1) is 18.7. The molecule has 1 fully saturated rings. The van der Waals surface area contributed by atoms with E-state index in [1.54, 1.807) is 35.3 Å². The third-order valence-electron chi connectivity index (χ3n) is 4.43. The number of urea groups is 1. The van der Waals surface area contributed by atoms with Gasteiger partial charge < -0.3 is 19.6 Å². The minimum absolute atomic E-state index is 0.0221. The first-order valence-corrected chi connectivity index (χ1v) is 8.99. The molecule has 1 unspecified atom stereocenters. The molecule has 3 rings (SSSR count). The molecule has 1 aliphatic rings. The molecule has 2 aromatic rings. The average molecular weight is 373 g/mol. The highest BCUT2D eigenvalue weighted by molar-refractivity contribution is 5.88. The molecule has 10 heteroatoms. The zero-order chi connectivity index (χ0) is 19.2. The van der Waals surface area contributed by atoms with Crippen LogP contribution in [-0.2, 0) is 11.3 Å². The van der Waals surface area contributed by atoms with Crippen molar-refractivity contribution in [2.24, 2.45) is 0 Å². The zero-order valence-corrected chi connectivity index (χ0v) is 15.5. The summed E-state index contributed by atoms with van der Waals surface area (Å²) in [6.45, 7) is 3.14. The van der Waals surface area contributed by atoms with Crippen LogP contribution >= 0.6 is 0 Å². The molecule has 1 aliphatic heterocycles. The maximum atomic E-state index is 12.6. The van der Waals surface area contributed by atoms with Crippen LogP contribution in [0.1, 0.15) is 32.1 Å². The maximum Gasteiger partial charge on any atom is 0.318 e. The number of nitrogens with zero attached hydrogens (tertiary/aromatic N) is 6. The standard InChI is InChI=1S/C17H23N7O3/c1-3-4-6-12-16(25)23(2)9-10-24(12)17(26)20-11-13-21-15(22-27-13)14-18-7-5-8-19-14/h5,7-8,12H,3-4,6,9-11H2,1-2H3,(H,20,26). The van der Waals surface area contributed by atoms with Crippen LogP contribution in [0.4, 0.5) is 4.79 Å². The van der Waals surface area contributed by atoms with E-state index in [0.29, 0.717) is 25.3 Å². The summed E-state index contributed by atoms with van der Waals surface area (Å²) in [4.78, 5) is 40.6. The van der Waals surface area contributed by atoms with Crippen molar-refractivity contribution in [3.8, 4) is 11.6 Å². The van der Waals surface area contributed by atoms with Gasteiger partial charge in [0, 0.05) is 32.5 Å². The fourth-order valence-electron chi connectivity index (χ4n) is 2.92. The lowest BCUT2D eigenvalue weighted by molar-refractivity contribution is -0.138. The molecular formula is C17H23N7O3. The summed E-state index contributed by atoms with van der Waals surface area (Å²) in [5.41, 5.74) is 0. The van der Waals surface area contributed by atoms with E-state index in [1.807, 2.05) is 0 Å². The summed E-state index contributed by atoms with van der Waals surface area (Å²) in [6.07, 6.45) is 5.68. The molecule has 10 nitrogen and oxygen atoms in total. The summed E-state index contributed by atoms with van der Waals surface area (Å²) in [6, 6.07) is 0.949. The fraction of sp³-hybridized carbons (Fsp3) is 0.529. The van der Waals surface area contributed by atoms with Crippen molar-refractivity contribution in [1.29, 1.82) is 0 Å². The van der Waals surface area contributed by atoms with Crippen molar-refractivity contribution in [1.82, 2.24) is 35.2 Å². The van der Waals surface area contributed by atoms with E-state index in [9.17, 15) is 9.59 Å². The monoisotopic (exact) mass is 373 g/mol. The zero-order valence-electron chi connectivity index (χ0n) is 15.5. The van der Waals surface area contributed by atoms with Crippen molar-refractivity contribution in [3.05, 3.63) is 24.4 Å². The normalized spacial score (nSPS) is 17.3. The number of piperazine rings is 1. The molecule has 0 aliphatic carbocycles. The number of carbonyl (C=O) groups is 2. The number of hydrogen-bond acceptors (Lipinski definition) is 7. The summed E-state index contributed by atoms with van der Waals surface area (Å²) < 4.78 is 5.14. The van der Waals surface area contributed by atoms with Gasteiger partial charge in [-0.1, -0.05) is 24.9 Å². The van der Waals surface area contributed by atoms with E-state index in [-0.39, 0.29) is 30.2 Å². The second-order valence-corrected chi connectivity index (χ2v) is 6.35. The van der Waals surface area contributed by atoms with Crippen molar-refractivity contribution >= 4 is 11.9 Å². The summed E-state index contributed by atoms with van der Waals surface area (Å²) >= 11 is 0. The van der Waals surface area contributed by atoms with E-state index >= 15 is 0 Å². The molecule has 2 aromatic heterocycles. The number of nitrogens with one attached hydrogen (secondary N) is 1. The molecule has 0 saturated carbocycles. The van der Waals surface area contributed by atoms with Gasteiger partial charge in [0.05, 0.1) is 6.54 Å². The lowest BCUT2D eigenvalue weighted by Crippen LogP contribution is -2.59. The third kappa shape index (κ3) is 4.39. The number of aromatic nitrogens is 4. The molecule has 3 heterocycles. The smallest absolute Gasteiger partial charge is 0.318 e. The van der Waals surface area contributed by atoms with Crippen LogP contribution in [0.15, 0.2) is 23.0 Å². The number of carbonyl (C=O) groups excluding carboxylic acids is 2. The Hall–Kier alpha value is -3.04. The lowest BCUT2D eigenvalue weighted by Gasteiger charge is -2.39. The molecule has 1 atom stereocenters. The second kappa shape index (κ2) is 8.56. The Morgan fingerprint density at radius 2 is 2.07 bits per heavy atom. The highest BCUT2D eigenvalue weighted by Crippen LogP contribution is 2.16. The summed E-state index contributed by atoms with van der Waals surface area (Å²) in [5.74, 6) is 0.834.